The Kier molecular flexibility index (Phi) is 3.71. The molecule has 0 radical (unpaired) electrons. The molecule has 0 fully saturated rings. The third kappa shape index (κ3) is 2.87. The van der Waals surface area contributed by atoms with Gasteiger partial charge in [-0.15, -0.1) is 5.10 Å². The largest absolute Gasteiger partial charge is 0.320 e. The van der Waals surface area contributed by atoms with Crippen LogP contribution in [0.2, 0.25) is 0 Å². The molecule has 1 aromatic heterocycles. The summed E-state index contributed by atoms with van der Waals surface area (Å²) in [5.41, 5.74) is 4.95. The monoisotopic (exact) mass is 354 g/mol. The zero-order valence-electron chi connectivity index (χ0n) is 14.7. The van der Waals surface area contributed by atoms with E-state index < -0.39 is 0 Å². The number of carbonyl (C=O) groups is 1. The summed E-state index contributed by atoms with van der Waals surface area (Å²) in [6, 6.07) is 20.4. The molecule has 1 aliphatic carbocycles. The van der Waals surface area contributed by atoms with E-state index in [1.165, 1.54) is 16.5 Å². The maximum absolute atomic E-state index is 12.7. The average Bonchev–Trinajstić information content (AvgIpc) is 3.33. The number of rotatable bonds is 4. The molecule has 0 saturated heterocycles. The van der Waals surface area contributed by atoms with Crippen LogP contribution in [0, 0.1) is 0 Å². The molecule has 1 N–H and O–H groups in total. The Bertz CT molecular complexity index is 1140. The van der Waals surface area contributed by atoms with Gasteiger partial charge in [0.15, 0.2) is 5.69 Å². The third-order valence-electron chi connectivity index (χ3n) is 5.08. The molecule has 1 aliphatic rings. The highest BCUT2D eigenvalue weighted by molar-refractivity contribution is 6.09. The average molecular weight is 354 g/mol. The molecule has 27 heavy (non-hydrogen) atoms. The summed E-state index contributed by atoms with van der Waals surface area (Å²) in [5, 5.41) is 13.5. The van der Waals surface area contributed by atoms with Crippen LogP contribution in [0.4, 0.5) is 5.69 Å². The number of anilines is 1. The number of hydrogen-bond acceptors (Lipinski definition) is 3. The van der Waals surface area contributed by atoms with Crippen molar-refractivity contribution in [2.45, 2.75) is 19.4 Å². The molecule has 0 bridgehead atoms. The van der Waals surface area contributed by atoms with Crippen molar-refractivity contribution < 1.29 is 4.79 Å². The van der Waals surface area contributed by atoms with Gasteiger partial charge in [-0.1, -0.05) is 59.8 Å². The van der Waals surface area contributed by atoms with E-state index in [-0.39, 0.29) is 5.91 Å². The number of hydrogen-bond donors (Lipinski definition) is 1. The van der Waals surface area contributed by atoms with Crippen LogP contribution in [-0.4, -0.2) is 20.9 Å². The Morgan fingerprint density at radius 1 is 0.963 bits per heavy atom. The summed E-state index contributed by atoms with van der Waals surface area (Å²) in [6.07, 6.45) is 3.82. The second-order valence-corrected chi connectivity index (χ2v) is 6.85. The summed E-state index contributed by atoms with van der Waals surface area (Å²) >= 11 is 0. The van der Waals surface area contributed by atoms with E-state index in [1.54, 1.807) is 10.9 Å². The second-order valence-electron chi connectivity index (χ2n) is 6.85. The lowest BCUT2D eigenvalue weighted by molar-refractivity contribution is 0.102. The van der Waals surface area contributed by atoms with E-state index in [0.29, 0.717) is 12.2 Å². The van der Waals surface area contributed by atoms with Crippen LogP contribution in [0.25, 0.3) is 10.8 Å². The second kappa shape index (κ2) is 6.36. The lowest BCUT2D eigenvalue weighted by atomic mass is 10.0. The van der Waals surface area contributed by atoms with Gasteiger partial charge in [0, 0.05) is 11.1 Å². The molecule has 0 spiro atoms. The maximum Gasteiger partial charge on any atom is 0.277 e. The van der Waals surface area contributed by atoms with E-state index in [2.05, 4.69) is 39.9 Å². The first-order valence-electron chi connectivity index (χ1n) is 9.07. The Hall–Kier alpha value is -3.47. The SMILES string of the molecule is O=C(Nc1ccc2c3c(cccc13)CC2)c1cn(Cc2ccccc2)nn1. The number of carbonyl (C=O) groups excluding carboxylic acids is 1. The van der Waals surface area contributed by atoms with Gasteiger partial charge in [-0.05, 0) is 41.0 Å². The van der Waals surface area contributed by atoms with Crippen LogP contribution < -0.4 is 5.32 Å². The topological polar surface area (TPSA) is 59.8 Å². The van der Waals surface area contributed by atoms with Gasteiger partial charge in [0.05, 0.1) is 12.7 Å². The predicted octanol–water partition coefficient (Wildman–Crippen LogP) is 3.83. The van der Waals surface area contributed by atoms with Gasteiger partial charge in [0.1, 0.15) is 0 Å². The molecule has 1 amide bonds. The van der Waals surface area contributed by atoms with Crippen LogP contribution >= 0.6 is 0 Å². The lowest BCUT2D eigenvalue weighted by Crippen LogP contribution is -2.12. The highest BCUT2D eigenvalue weighted by Gasteiger charge is 2.18. The Morgan fingerprint density at radius 2 is 1.78 bits per heavy atom. The molecule has 0 aliphatic heterocycles. The summed E-state index contributed by atoms with van der Waals surface area (Å²) in [7, 11) is 0. The number of nitrogens with zero attached hydrogens (tertiary/aromatic N) is 3. The van der Waals surface area contributed by atoms with Gasteiger partial charge in [0.25, 0.3) is 5.91 Å². The predicted molar refractivity (Wildman–Crippen MR) is 105 cm³/mol. The van der Waals surface area contributed by atoms with Crippen molar-refractivity contribution in [3.8, 4) is 0 Å². The van der Waals surface area contributed by atoms with E-state index in [9.17, 15) is 4.79 Å². The smallest absolute Gasteiger partial charge is 0.277 e. The molecule has 5 heteroatoms. The van der Waals surface area contributed by atoms with Gasteiger partial charge in [0.2, 0.25) is 0 Å². The first kappa shape index (κ1) is 15.8. The van der Waals surface area contributed by atoms with Gasteiger partial charge < -0.3 is 5.32 Å². The number of aryl methyl sites for hydroxylation is 2. The minimum Gasteiger partial charge on any atom is -0.320 e. The van der Waals surface area contributed by atoms with Crippen molar-refractivity contribution in [2.24, 2.45) is 0 Å². The molecule has 3 aromatic carbocycles. The summed E-state index contributed by atoms with van der Waals surface area (Å²) < 4.78 is 1.68. The summed E-state index contributed by atoms with van der Waals surface area (Å²) in [6.45, 7) is 0.585. The van der Waals surface area contributed by atoms with Crippen molar-refractivity contribution in [2.75, 3.05) is 5.32 Å². The fraction of sp³-hybridized carbons (Fsp3) is 0.136. The highest BCUT2D eigenvalue weighted by atomic mass is 16.2. The zero-order valence-corrected chi connectivity index (χ0v) is 14.7. The normalized spacial score (nSPS) is 12.4. The summed E-state index contributed by atoms with van der Waals surface area (Å²) in [4.78, 5) is 12.7. The van der Waals surface area contributed by atoms with E-state index in [4.69, 9.17) is 0 Å². The molecule has 132 valence electrons. The van der Waals surface area contributed by atoms with Crippen molar-refractivity contribution in [1.82, 2.24) is 15.0 Å². The van der Waals surface area contributed by atoms with Gasteiger partial charge in [-0.25, -0.2) is 4.68 Å². The molecule has 0 atom stereocenters. The minimum atomic E-state index is -0.243. The zero-order chi connectivity index (χ0) is 18.2. The van der Waals surface area contributed by atoms with E-state index in [0.717, 1.165) is 29.5 Å². The number of amides is 1. The van der Waals surface area contributed by atoms with Gasteiger partial charge >= 0.3 is 0 Å². The van der Waals surface area contributed by atoms with Crippen LogP contribution in [0.15, 0.2) is 66.9 Å². The van der Waals surface area contributed by atoms with E-state index >= 15 is 0 Å². The number of nitrogens with one attached hydrogen (secondary N) is 1. The summed E-state index contributed by atoms with van der Waals surface area (Å²) in [5.74, 6) is -0.243. The van der Waals surface area contributed by atoms with Crippen molar-refractivity contribution >= 4 is 22.4 Å². The Morgan fingerprint density at radius 3 is 2.63 bits per heavy atom. The van der Waals surface area contributed by atoms with Crippen molar-refractivity contribution in [1.29, 1.82) is 0 Å². The standard InChI is InChI=1S/C22H18N4O/c27-22(20-14-26(25-24-20)13-15-5-2-1-3-6-15)23-19-12-11-17-10-9-16-7-4-8-18(19)21(16)17/h1-8,11-12,14H,9-10,13H2,(H,23,27). The van der Waals surface area contributed by atoms with Crippen molar-refractivity contribution in [3.05, 3.63) is 89.2 Å². The molecular formula is C22H18N4O. The molecular weight excluding hydrogens is 336 g/mol. The Balaban J connectivity index is 1.40. The molecule has 5 nitrogen and oxygen atoms in total. The quantitative estimate of drug-likeness (QED) is 0.606. The lowest BCUT2D eigenvalue weighted by Gasteiger charge is -2.09. The third-order valence-corrected chi connectivity index (χ3v) is 5.08. The van der Waals surface area contributed by atoms with Crippen LogP contribution in [0.3, 0.4) is 0 Å². The first-order valence-corrected chi connectivity index (χ1v) is 9.07. The maximum atomic E-state index is 12.7. The van der Waals surface area contributed by atoms with Crippen LogP contribution in [0.1, 0.15) is 27.2 Å². The molecule has 1 heterocycles. The van der Waals surface area contributed by atoms with Crippen molar-refractivity contribution in [3.63, 3.8) is 0 Å². The van der Waals surface area contributed by atoms with Gasteiger partial charge in [-0.3, -0.25) is 4.79 Å². The number of benzene rings is 3. The Labute approximate surface area is 156 Å². The van der Waals surface area contributed by atoms with Crippen LogP contribution in [-0.2, 0) is 19.4 Å². The van der Waals surface area contributed by atoms with E-state index in [1.807, 2.05) is 36.4 Å². The molecule has 5 rings (SSSR count). The highest BCUT2D eigenvalue weighted by Crippen LogP contribution is 2.35. The number of aromatic nitrogens is 3. The molecule has 0 unspecified atom stereocenters. The molecule has 4 aromatic rings. The minimum absolute atomic E-state index is 0.243. The fourth-order valence-electron chi connectivity index (χ4n) is 3.79. The molecule has 0 saturated carbocycles. The first-order chi connectivity index (χ1) is 13.3. The van der Waals surface area contributed by atoms with Crippen LogP contribution in [0.5, 0.6) is 0 Å². The fourth-order valence-corrected chi connectivity index (χ4v) is 3.79. The van der Waals surface area contributed by atoms with Gasteiger partial charge in [-0.2, -0.15) is 0 Å².